The van der Waals surface area contributed by atoms with Gasteiger partial charge in [0.25, 0.3) is 0 Å². The van der Waals surface area contributed by atoms with Crippen LogP contribution in [0.3, 0.4) is 0 Å². The van der Waals surface area contributed by atoms with Crippen molar-refractivity contribution in [3.63, 3.8) is 0 Å². The van der Waals surface area contributed by atoms with Gasteiger partial charge in [-0.05, 0) is 37.0 Å². The molecule has 0 aliphatic heterocycles. The average molecular weight is 277 g/mol. The predicted molar refractivity (Wildman–Crippen MR) is 85.0 cm³/mol. The quantitative estimate of drug-likeness (QED) is 0.595. The number of rotatable bonds is 7. The number of guanidine groups is 1. The van der Waals surface area contributed by atoms with E-state index in [9.17, 15) is 0 Å². The molecule has 0 amide bonds. The van der Waals surface area contributed by atoms with Gasteiger partial charge in [-0.15, -0.1) is 0 Å². The molecule has 0 heterocycles. The number of aliphatic imine (C=N–C) groups is 1. The molecule has 0 aliphatic rings. The molecule has 112 valence electrons. The average Bonchev–Trinajstić information content (AvgIpc) is 2.43. The molecule has 0 saturated heterocycles. The molecular weight excluding hydrogens is 250 g/mol. The molecule has 1 aromatic rings. The van der Waals surface area contributed by atoms with E-state index in [0.29, 0.717) is 24.5 Å². The summed E-state index contributed by atoms with van der Waals surface area (Å²) in [6.45, 7) is 9.79. The number of hydrogen-bond donors (Lipinski definition) is 2. The van der Waals surface area contributed by atoms with E-state index in [2.05, 4.69) is 38.0 Å². The Balaban J connectivity index is 2.46. The first-order valence-corrected chi connectivity index (χ1v) is 7.29. The van der Waals surface area contributed by atoms with Gasteiger partial charge in [-0.2, -0.15) is 0 Å². The molecule has 0 aliphatic carbocycles. The van der Waals surface area contributed by atoms with E-state index in [1.807, 2.05) is 24.3 Å². The number of benzene rings is 1. The summed E-state index contributed by atoms with van der Waals surface area (Å²) >= 11 is 0. The van der Waals surface area contributed by atoms with Gasteiger partial charge < -0.3 is 15.8 Å². The van der Waals surface area contributed by atoms with E-state index in [1.165, 1.54) is 0 Å². The second-order valence-electron chi connectivity index (χ2n) is 5.50. The molecule has 0 fully saturated rings. The second-order valence-corrected chi connectivity index (χ2v) is 5.50. The van der Waals surface area contributed by atoms with E-state index < -0.39 is 0 Å². The third-order valence-corrected chi connectivity index (χ3v) is 2.95. The van der Waals surface area contributed by atoms with Gasteiger partial charge in [0.1, 0.15) is 5.75 Å². The molecule has 3 N–H and O–H groups in total. The normalized spacial score (nSPS) is 13.3. The standard InChI is InChI=1S/C16H27N3O/c1-5-13(4)19-16(17)18-10-14-6-8-15(9-7-14)20-11-12(2)3/h6-9,12-13H,5,10-11H2,1-4H3,(H3,17,18,19). The van der Waals surface area contributed by atoms with Gasteiger partial charge in [0.15, 0.2) is 5.96 Å². The molecule has 0 radical (unpaired) electrons. The van der Waals surface area contributed by atoms with Crippen LogP contribution in [0.5, 0.6) is 5.75 Å². The van der Waals surface area contributed by atoms with Crippen molar-refractivity contribution in [2.75, 3.05) is 6.61 Å². The second kappa shape index (κ2) is 8.46. The fourth-order valence-electron chi connectivity index (χ4n) is 1.53. The van der Waals surface area contributed by atoms with Crippen molar-refractivity contribution in [3.8, 4) is 5.75 Å². The van der Waals surface area contributed by atoms with Crippen LogP contribution in [0.2, 0.25) is 0 Å². The summed E-state index contributed by atoms with van der Waals surface area (Å²) in [5, 5.41) is 3.15. The molecule has 4 heteroatoms. The van der Waals surface area contributed by atoms with Crippen LogP contribution in [-0.4, -0.2) is 18.6 Å². The highest BCUT2D eigenvalue weighted by molar-refractivity contribution is 5.78. The number of ether oxygens (including phenoxy) is 1. The van der Waals surface area contributed by atoms with Gasteiger partial charge in [-0.1, -0.05) is 32.9 Å². The van der Waals surface area contributed by atoms with Crippen molar-refractivity contribution < 1.29 is 4.74 Å². The SMILES string of the molecule is CCC(C)NC(N)=NCc1ccc(OCC(C)C)cc1. The van der Waals surface area contributed by atoms with Crippen molar-refractivity contribution in [2.45, 2.75) is 46.7 Å². The Hall–Kier alpha value is -1.71. The maximum absolute atomic E-state index is 5.82. The Labute approximate surface area is 122 Å². The van der Waals surface area contributed by atoms with Gasteiger partial charge in [0, 0.05) is 6.04 Å². The van der Waals surface area contributed by atoms with E-state index in [1.54, 1.807) is 0 Å². The summed E-state index contributed by atoms with van der Waals surface area (Å²) in [5.74, 6) is 1.93. The summed E-state index contributed by atoms with van der Waals surface area (Å²) in [5.41, 5.74) is 6.94. The summed E-state index contributed by atoms with van der Waals surface area (Å²) in [7, 11) is 0. The highest BCUT2D eigenvalue weighted by Crippen LogP contribution is 2.13. The van der Waals surface area contributed by atoms with Crippen molar-refractivity contribution >= 4 is 5.96 Å². The van der Waals surface area contributed by atoms with Crippen molar-refractivity contribution in [1.82, 2.24) is 5.32 Å². The van der Waals surface area contributed by atoms with Gasteiger partial charge in [-0.3, -0.25) is 0 Å². The molecular formula is C16H27N3O. The molecule has 1 rings (SSSR count). The van der Waals surface area contributed by atoms with Crippen LogP contribution in [0.15, 0.2) is 29.3 Å². The van der Waals surface area contributed by atoms with Crippen LogP contribution in [0.25, 0.3) is 0 Å². The highest BCUT2D eigenvalue weighted by Gasteiger charge is 2.00. The molecule has 0 spiro atoms. The number of hydrogen-bond acceptors (Lipinski definition) is 2. The topological polar surface area (TPSA) is 59.6 Å². The summed E-state index contributed by atoms with van der Waals surface area (Å²) < 4.78 is 5.64. The zero-order chi connectivity index (χ0) is 15.0. The number of nitrogens with one attached hydrogen (secondary N) is 1. The monoisotopic (exact) mass is 277 g/mol. The van der Waals surface area contributed by atoms with E-state index in [0.717, 1.165) is 24.3 Å². The zero-order valence-corrected chi connectivity index (χ0v) is 13.0. The molecule has 4 nitrogen and oxygen atoms in total. The van der Waals surface area contributed by atoms with Gasteiger partial charge in [-0.25, -0.2) is 4.99 Å². The van der Waals surface area contributed by atoms with Gasteiger partial charge in [0.05, 0.1) is 13.2 Å². The van der Waals surface area contributed by atoms with E-state index in [-0.39, 0.29) is 0 Å². The molecule has 0 saturated carbocycles. The Morgan fingerprint density at radius 1 is 1.25 bits per heavy atom. The van der Waals surface area contributed by atoms with E-state index in [4.69, 9.17) is 10.5 Å². The zero-order valence-electron chi connectivity index (χ0n) is 13.0. The largest absolute Gasteiger partial charge is 0.493 e. The first-order chi connectivity index (χ1) is 9.51. The lowest BCUT2D eigenvalue weighted by molar-refractivity contribution is 0.271. The Morgan fingerprint density at radius 2 is 1.90 bits per heavy atom. The third-order valence-electron chi connectivity index (χ3n) is 2.95. The molecule has 1 atom stereocenters. The Bertz CT molecular complexity index is 412. The summed E-state index contributed by atoms with van der Waals surface area (Å²) in [6.07, 6.45) is 1.03. The van der Waals surface area contributed by atoms with Crippen molar-refractivity contribution in [3.05, 3.63) is 29.8 Å². The van der Waals surface area contributed by atoms with Gasteiger partial charge in [0.2, 0.25) is 0 Å². The molecule has 0 bridgehead atoms. The van der Waals surface area contributed by atoms with Crippen molar-refractivity contribution in [2.24, 2.45) is 16.6 Å². The molecule has 0 aromatic heterocycles. The lowest BCUT2D eigenvalue weighted by Gasteiger charge is -2.12. The first-order valence-electron chi connectivity index (χ1n) is 7.29. The predicted octanol–water partition coefficient (Wildman–Crippen LogP) is 2.92. The molecule has 1 aromatic carbocycles. The van der Waals surface area contributed by atoms with Crippen LogP contribution < -0.4 is 15.8 Å². The summed E-state index contributed by atoms with van der Waals surface area (Å²) in [6, 6.07) is 8.35. The number of nitrogens with two attached hydrogens (primary N) is 1. The Morgan fingerprint density at radius 3 is 2.45 bits per heavy atom. The maximum atomic E-state index is 5.82. The van der Waals surface area contributed by atoms with Crippen LogP contribution in [0, 0.1) is 5.92 Å². The first kappa shape index (κ1) is 16.3. The molecule has 1 unspecified atom stereocenters. The smallest absolute Gasteiger partial charge is 0.189 e. The van der Waals surface area contributed by atoms with Crippen LogP contribution in [0.1, 0.15) is 39.7 Å². The summed E-state index contributed by atoms with van der Waals surface area (Å²) in [4.78, 5) is 4.33. The van der Waals surface area contributed by atoms with Gasteiger partial charge >= 0.3 is 0 Å². The fraction of sp³-hybridized carbons (Fsp3) is 0.562. The maximum Gasteiger partial charge on any atom is 0.189 e. The van der Waals surface area contributed by atoms with E-state index >= 15 is 0 Å². The third kappa shape index (κ3) is 6.45. The minimum Gasteiger partial charge on any atom is -0.493 e. The lowest BCUT2D eigenvalue weighted by Crippen LogP contribution is -2.38. The van der Waals surface area contributed by atoms with Crippen LogP contribution in [-0.2, 0) is 6.54 Å². The minimum atomic E-state index is 0.352. The Kier molecular flexibility index (Phi) is 6.91. The fourth-order valence-corrected chi connectivity index (χ4v) is 1.53. The molecule has 20 heavy (non-hydrogen) atoms. The lowest BCUT2D eigenvalue weighted by atomic mass is 10.2. The van der Waals surface area contributed by atoms with Crippen LogP contribution >= 0.6 is 0 Å². The highest BCUT2D eigenvalue weighted by atomic mass is 16.5. The van der Waals surface area contributed by atoms with Crippen molar-refractivity contribution in [1.29, 1.82) is 0 Å². The van der Waals surface area contributed by atoms with Crippen LogP contribution in [0.4, 0.5) is 0 Å². The number of nitrogens with zero attached hydrogens (tertiary/aromatic N) is 1. The minimum absolute atomic E-state index is 0.352.